The Morgan fingerprint density at radius 2 is 2.35 bits per heavy atom. The molecule has 5 nitrogen and oxygen atoms in total. The molecular weight excluding hydrogens is 238 g/mol. The summed E-state index contributed by atoms with van der Waals surface area (Å²) in [4.78, 5) is 11.0. The van der Waals surface area contributed by atoms with Crippen LogP contribution in [0.25, 0.3) is 0 Å². The minimum atomic E-state index is -0.142. The number of ether oxygens (including phenoxy) is 1. The first kappa shape index (κ1) is 11.4. The zero-order valence-corrected chi connectivity index (χ0v) is 9.93. The fourth-order valence-electron chi connectivity index (χ4n) is 1.46. The van der Waals surface area contributed by atoms with Crippen molar-refractivity contribution in [1.29, 1.82) is 5.41 Å². The lowest BCUT2D eigenvalue weighted by atomic mass is 10.1. The number of H-pyrrole nitrogens is 1. The maximum Gasteiger partial charge on any atom is 0.260 e. The Hall–Kier alpha value is -2.08. The molecule has 0 amide bonds. The topological polar surface area (TPSA) is 78.0 Å². The van der Waals surface area contributed by atoms with E-state index < -0.39 is 0 Å². The highest BCUT2D eigenvalue weighted by molar-refractivity contribution is 7.10. The van der Waals surface area contributed by atoms with Crippen molar-refractivity contribution in [1.82, 2.24) is 4.37 Å². The van der Waals surface area contributed by atoms with E-state index in [1.165, 1.54) is 23.8 Å². The van der Waals surface area contributed by atoms with Gasteiger partial charge in [-0.2, -0.15) is 0 Å². The second-order valence-electron chi connectivity index (χ2n) is 3.27. The largest absolute Gasteiger partial charge is 0.496 e. The summed E-state index contributed by atoms with van der Waals surface area (Å²) in [5.41, 5.74) is 1.24. The van der Waals surface area contributed by atoms with Crippen molar-refractivity contribution in [2.75, 3.05) is 12.4 Å². The van der Waals surface area contributed by atoms with Gasteiger partial charge in [-0.1, -0.05) is 6.07 Å². The van der Waals surface area contributed by atoms with Crippen LogP contribution in [0.1, 0.15) is 5.56 Å². The van der Waals surface area contributed by atoms with Crippen molar-refractivity contribution in [2.24, 2.45) is 0 Å². The molecule has 0 bridgehead atoms. The molecule has 88 valence electrons. The van der Waals surface area contributed by atoms with E-state index in [1.54, 1.807) is 13.2 Å². The minimum absolute atomic E-state index is 0.142. The molecule has 0 atom stereocenters. The second-order valence-corrected chi connectivity index (χ2v) is 4.12. The second kappa shape index (κ2) is 4.84. The van der Waals surface area contributed by atoms with E-state index in [2.05, 4.69) is 9.69 Å². The summed E-state index contributed by atoms with van der Waals surface area (Å²) in [5, 5.41) is 11.2. The molecule has 0 aliphatic carbocycles. The van der Waals surface area contributed by atoms with Crippen LogP contribution in [0.3, 0.4) is 0 Å². The first-order valence-electron chi connectivity index (χ1n) is 4.87. The smallest absolute Gasteiger partial charge is 0.260 e. The summed E-state index contributed by atoms with van der Waals surface area (Å²) in [5.74, 6) is 0.618. The third-order valence-electron chi connectivity index (χ3n) is 2.21. The predicted molar refractivity (Wildman–Crippen MR) is 69.1 cm³/mol. The Bertz CT molecular complexity index is 588. The van der Waals surface area contributed by atoms with E-state index in [1.807, 2.05) is 12.1 Å². The van der Waals surface area contributed by atoms with Gasteiger partial charge in [0.15, 0.2) is 0 Å². The maximum atomic E-state index is 11.0. The van der Waals surface area contributed by atoms with Gasteiger partial charge in [-0.3, -0.25) is 9.17 Å². The third kappa shape index (κ3) is 2.36. The van der Waals surface area contributed by atoms with Crippen LogP contribution >= 0.6 is 11.5 Å². The molecule has 1 heterocycles. The van der Waals surface area contributed by atoms with Crippen molar-refractivity contribution in [3.63, 3.8) is 0 Å². The lowest BCUT2D eigenvalue weighted by Gasteiger charge is -2.10. The summed E-state index contributed by atoms with van der Waals surface area (Å²) in [7, 11) is 1.56. The highest BCUT2D eigenvalue weighted by Crippen LogP contribution is 2.27. The predicted octanol–water partition coefficient (Wildman–Crippen LogP) is 2.19. The molecule has 1 aromatic heterocycles. The van der Waals surface area contributed by atoms with Crippen LogP contribution in [0, 0.1) is 5.41 Å². The summed E-state index contributed by atoms with van der Waals surface area (Å²) in [6.07, 6.45) is 1.22. The van der Waals surface area contributed by atoms with Gasteiger partial charge in [0, 0.05) is 12.3 Å². The van der Waals surface area contributed by atoms with Crippen molar-refractivity contribution >= 4 is 28.4 Å². The molecule has 6 heteroatoms. The standard InChI is InChI=1S/C11H11N3O2S/c1-16-9-4-2-3-8(7(9)6-12)13-11-5-10(15)14-17-11/h2-6,12-13H,1H3,(H,14,15). The fraction of sp³-hybridized carbons (Fsp3) is 0.0909. The van der Waals surface area contributed by atoms with Gasteiger partial charge in [0.2, 0.25) is 0 Å². The van der Waals surface area contributed by atoms with Gasteiger partial charge in [-0.15, -0.1) is 0 Å². The van der Waals surface area contributed by atoms with Crippen molar-refractivity contribution in [2.45, 2.75) is 0 Å². The molecule has 1 aromatic carbocycles. The Balaban J connectivity index is 2.38. The molecule has 2 aromatic rings. The third-order valence-corrected chi connectivity index (χ3v) is 2.96. The van der Waals surface area contributed by atoms with Crippen molar-refractivity contribution in [3.8, 4) is 5.75 Å². The Morgan fingerprint density at radius 1 is 1.53 bits per heavy atom. The average molecular weight is 249 g/mol. The van der Waals surface area contributed by atoms with Crippen molar-refractivity contribution < 1.29 is 4.74 Å². The van der Waals surface area contributed by atoms with Crippen LogP contribution in [0.5, 0.6) is 5.75 Å². The molecule has 3 N–H and O–H groups in total. The number of rotatable bonds is 4. The van der Waals surface area contributed by atoms with Gasteiger partial charge in [0.25, 0.3) is 5.56 Å². The molecule has 0 aliphatic heterocycles. The molecule has 0 aliphatic rings. The summed E-state index contributed by atoms with van der Waals surface area (Å²) in [6, 6.07) is 6.90. The highest BCUT2D eigenvalue weighted by atomic mass is 32.1. The van der Waals surface area contributed by atoms with Crippen LogP contribution in [-0.2, 0) is 0 Å². The lowest BCUT2D eigenvalue weighted by molar-refractivity contribution is 0.414. The summed E-state index contributed by atoms with van der Waals surface area (Å²) in [6.45, 7) is 0. The number of aromatic amines is 1. The zero-order valence-electron chi connectivity index (χ0n) is 9.11. The van der Waals surface area contributed by atoms with Gasteiger partial charge in [0.05, 0.1) is 18.4 Å². The van der Waals surface area contributed by atoms with Crippen LogP contribution < -0.4 is 15.6 Å². The van der Waals surface area contributed by atoms with E-state index in [0.717, 1.165) is 5.69 Å². The lowest BCUT2D eigenvalue weighted by Crippen LogP contribution is -1.98. The number of aromatic nitrogens is 1. The summed E-state index contributed by atoms with van der Waals surface area (Å²) >= 11 is 1.21. The molecule has 0 radical (unpaired) electrons. The van der Waals surface area contributed by atoms with Gasteiger partial charge < -0.3 is 15.5 Å². The number of methoxy groups -OCH3 is 1. The van der Waals surface area contributed by atoms with Gasteiger partial charge in [0.1, 0.15) is 10.8 Å². The van der Waals surface area contributed by atoms with E-state index >= 15 is 0 Å². The molecule has 0 fully saturated rings. The average Bonchev–Trinajstić information content (AvgIpc) is 2.74. The van der Waals surface area contributed by atoms with Gasteiger partial charge >= 0.3 is 0 Å². The van der Waals surface area contributed by atoms with E-state index in [9.17, 15) is 4.79 Å². The van der Waals surface area contributed by atoms with Crippen LogP contribution in [-0.4, -0.2) is 17.7 Å². The molecule has 0 unspecified atom stereocenters. The Kier molecular flexibility index (Phi) is 3.24. The number of benzene rings is 1. The Morgan fingerprint density at radius 3 is 2.94 bits per heavy atom. The van der Waals surface area contributed by atoms with Gasteiger partial charge in [-0.05, 0) is 23.7 Å². The fourth-order valence-corrected chi connectivity index (χ4v) is 2.05. The van der Waals surface area contributed by atoms with E-state index in [-0.39, 0.29) is 5.56 Å². The molecule has 2 rings (SSSR count). The minimum Gasteiger partial charge on any atom is -0.496 e. The van der Waals surface area contributed by atoms with Crippen LogP contribution in [0.2, 0.25) is 0 Å². The van der Waals surface area contributed by atoms with Crippen LogP contribution in [0.4, 0.5) is 10.7 Å². The quantitative estimate of drug-likeness (QED) is 0.727. The van der Waals surface area contributed by atoms with Crippen LogP contribution in [0.15, 0.2) is 29.1 Å². The van der Waals surface area contributed by atoms with E-state index in [0.29, 0.717) is 16.3 Å². The molecule has 0 saturated heterocycles. The normalized spacial score (nSPS) is 9.94. The monoisotopic (exact) mass is 249 g/mol. The summed E-state index contributed by atoms with van der Waals surface area (Å²) < 4.78 is 7.75. The number of hydrogen-bond donors (Lipinski definition) is 3. The first-order valence-corrected chi connectivity index (χ1v) is 5.69. The molecule has 0 saturated carbocycles. The van der Waals surface area contributed by atoms with E-state index in [4.69, 9.17) is 10.1 Å². The number of nitrogens with one attached hydrogen (secondary N) is 3. The zero-order chi connectivity index (χ0) is 12.3. The Labute approximate surface area is 102 Å². The first-order chi connectivity index (χ1) is 8.24. The number of hydrogen-bond acceptors (Lipinski definition) is 5. The molecular formula is C11H11N3O2S. The number of anilines is 2. The molecule has 17 heavy (non-hydrogen) atoms. The highest BCUT2D eigenvalue weighted by Gasteiger charge is 2.07. The van der Waals surface area contributed by atoms with Crippen molar-refractivity contribution in [3.05, 3.63) is 40.2 Å². The SMILES string of the molecule is COc1cccc(Nc2cc(=O)[nH]s2)c1C=N. The van der Waals surface area contributed by atoms with Gasteiger partial charge in [-0.25, -0.2) is 0 Å². The molecule has 0 spiro atoms. The maximum absolute atomic E-state index is 11.0.